The van der Waals surface area contributed by atoms with Gasteiger partial charge in [-0.1, -0.05) is 5.16 Å². The quantitative estimate of drug-likeness (QED) is 0.583. The zero-order chi connectivity index (χ0) is 22.0. The predicted octanol–water partition coefficient (Wildman–Crippen LogP) is 4.05. The summed E-state index contributed by atoms with van der Waals surface area (Å²) in [7, 11) is 6.27. The predicted molar refractivity (Wildman–Crippen MR) is 114 cm³/mol. The number of methoxy groups -OCH3 is 4. The third-order valence-corrected chi connectivity index (χ3v) is 5.49. The van der Waals surface area contributed by atoms with Crippen LogP contribution in [0.1, 0.15) is 18.5 Å². The first-order valence-corrected chi connectivity index (χ1v) is 9.77. The molecule has 31 heavy (non-hydrogen) atoms. The van der Waals surface area contributed by atoms with E-state index in [0.29, 0.717) is 53.0 Å². The van der Waals surface area contributed by atoms with Gasteiger partial charge in [-0.05, 0) is 43.2 Å². The van der Waals surface area contributed by atoms with Crippen LogP contribution in [0.25, 0.3) is 11.3 Å². The molecule has 1 heterocycles. The molecule has 0 radical (unpaired) electrons. The number of rotatable bonds is 8. The van der Waals surface area contributed by atoms with Crippen molar-refractivity contribution in [2.24, 2.45) is 0 Å². The number of nitrogens with zero attached hydrogens (tertiary/aromatic N) is 1. The molecule has 0 unspecified atom stereocenters. The van der Waals surface area contributed by atoms with Gasteiger partial charge in [0, 0.05) is 23.4 Å². The number of nitrogens with one attached hydrogen (secondary N) is 1. The molecule has 0 atom stereocenters. The second-order valence-corrected chi connectivity index (χ2v) is 7.25. The minimum absolute atomic E-state index is 0.133. The number of carbonyl (C=O) groups excluding carboxylic acids is 1. The Morgan fingerprint density at radius 2 is 1.48 bits per heavy atom. The van der Waals surface area contributed by atoms with E-state index < -0.39 is 5.41 Å². The molecule has 1 aliphatic carbocycles. The molecule has 0 bridgehead atoms. The SMILES string of the molecule is COc1ccc(NC(=O)C2(c3cc(-c4ccc(OC)c(OC)c4)on3)CC2)cc1OC. The summed E-state index contributed by atoms with van der Waals surface area (Å²) >= 11 is 0. The van der Waals surface area contributed by atoms with Crippen LogP contribution in [-0.4, -0.2) is 39.5 Å². The van der Waals surface area contributed by atoms with E-state index in [1.807, 2.05) is 18.2 Å². The van der Waals surface area contributed by atoms with Crippen LogP contribution in [-0.2, 0) is 10.2 Å². The fraction of sp³-hybridized carbons (Fsp3) is 0.304. The molecule has 3 aromatic rings. The number of hydrogen-bond donors (Lipinski definition) is 1. The fourth-order valence-corrected chi connectivity index (χ4v) is 3.52. The molecule has 8 nitrogen and oxygen atoms in total. The van der Waals surface area contributed by atoms with E-state index in [1.54, 1.807) is 52.7 Å². The summed E-state index contributed by atoms with van der Waals surface area (Å²) in [5.41, 5.74) is 1.31. The molecule has 1 fully saturated rings. The summed E-state index contributed by atoms with van der Waals surface area (Å²) < 4.78 is 26.7. The molecule has 1 saturated carbocycles. The van der Waals surface area contributed by atoms with Crippen molar-refractivity contribution in [1.29, 1.82) is 0 Å². The van der Waals surface area contributed by atoms with Crippen LogP contribution in [0.2, 0.25) is 0 Å². The molecule has 0 spiro atoms. The Hall–Kier alpha value is -3.68. The highest BCUT2D eigenvalue weighted by Gasteiger charge is 2.54. The van der Waals surface area contributed by atoms with E-state index in [1.165, 1.54) is 0 Å². The van der Waals surface area contributed by atoms with Gasteiger partial charge >= 0.3 is 0 Å². The second-order valence-electron chi connectivity index (χ2n) is 7.25. The number of benzene rings is 2. The average molecular weight is 424 g/mol. The molecule has 162 valence electrons. The van der Waals surface area contributed by atoms with Crippen molar-refractivity contribution in [2.75, 3.05) is 33.8 Å². The lowest BCUT2D eigenvalue weighted by Gasteiger charge is -2.14. The van der Waals surface area contributed by atoms with Crippen LogP contribution in [0, 0.1) is 0 Å². The van der Waals surface area contributed by atoms with Gasteiger partial charge in [-0.3, -0.25) is 4.79 Å². The standard InChI is InChI=1S/C23H24N2O6/c1-27-16-7-5-14(11-19(16)29-3)18-13-21(25-31-18)23(9-10-23)22(26)24-15-6-8-17(28-2)20(12-15)30-4/h5-8,11-13H,9-10H2,1-4H3,(H,24,26). The maximum absolute atomic E-state index is 13.1. The number of anilines is 1. The zero-order valence-electron chi connectivity index (χ0n) is 17.9. The number of carbonyl (C=O) groups is 1. The van der Waals surface area contributed by atoms with E-state index in [0.717, 1.165) is 5.56 Å². The lowest BCUT2D eigenvalue weighted by atomic mass is 10.00. The van der Waals surface area contributed by atoms with Gasteiger partial charge in [-0.15, -0.1) is 0 Å². The van der Waals surface area contributed by atoms with Crippen LogP contribution in [0.4, 0.5) is 5.69 Å². The molecular formula is C23H24N2O6. The number of ether oxygens (including phenoxy) is 4. The molecule has 8 heteroatoms. The van der Waals surface area contributed by atoms with E-state index in [2.05, 4.69) is 10.5 Å². The number of aromatic nitrogens is 1. The molecular weight excluding hydrogens is 400 g/mol. The third kappa shape index (κ3) is 3.76. The van der Waals surface area contributed by atoms with Gasteiger partial charge in [0.25, 0.3) is 0 Å². The number of amides is 1. The van der Waals surface area contributed by atoms with Crippen LogP contribution in [0.3, 0.4) is 0 Å². The number of hydrogen-bond acceptors (Lipinski definition) is 7. The highest BCUT2D eigenvalue weighted by Crippen LogP contribution is 2.49. The Kier molecular flexibility index (Phi) is 5.46. The molecule has 1 aromatic heterocycles. The van der Waals surface area contributed by atoms with Crippen molar-refractivity contribution in [1.82, 2.24) is 5.16 Å². The van der Waals surface area contributed by atoms with E-state index in [-0.39, 0.29) is 5.91 Å². The normalized spacial score (nSPS) is 13.9. The molecule has 4 rings (SSSR count). The molecule has 1 N–H and O–H groups in total. The van der Waals surface area contributed by atoms with Crippen molar-refractivity contribution in [3.63, 3.8) is 0 Å². The lowest BCUT2D eigenvalue weighted by molar-refractivity contribution is -0.118. The summed E-state index contributed by atoms with van der Waals surface area (Å²) in [6.45, 7) is 0. The summed E-state index contributed by atoms with van der Waals surface area (Å²) in [6.07, 6.45) is 1.40. The first-order chi connectivity index (χ1) is 15.0. The minimum atomic E-state index is -0.703. The van der Waals surface area contributed by atoms with Gasteiger partial charge in [0.1, 0.15) is 0 Å². The Bertz CT molecular complexity index is 1100. The largest absolute Gasteiger partial charge is 0.493 e. The van der Waals surface area contributed by atoms with E-state index in [9.17, 15) is 4.79 Å². The van der Waals surface area contributed by atoms with Gasteiger partial charge in [0.15, 0.2) is 28.8 Å². The minimum Gasteiger partial charge on any atom is -0.493 e. The first kappa shape index (κ1) is 20.6. The fourth-order valence-electron chi connectivity index (χ4n) is 3.52. The highest BCUT2D eigenvalue weighted by molar-refractivity contribution is 6.01. The van der Waals surface area contributed by atoms with Crippen molar-refractivity contribution in [3.8, 4) is 34.3 Å². The average Bonchev–Trinajstić information content (AvgIpc) is 3.48. The van der Waals surface area contributed by atoms with Crippen LogP contribution < -0.4 is 24.3 Å². The van der Waals surface area contributed by atoms with Crippen molar-refractivity contribution in [2.45, 2.75) is 18.3 Å². The maximum atomic E-state index is 13.1. The molecule has 0 saturated heterocycles. The summed E-state index contributed by atoms with van der Waals surface area (Å²) in [6, 6.07) is 12.5. The molecule has 2 aromatic carbocycles. The second kappa shape index (κ2) is 8.22. The molecule has 1 aliphatic rings. The highest BCUT2D eigenvalue weighted by atomic mass is 16.5. The maximum Gasteiger partial charge on any atom is 0.236 e. The zero-order valence-corrected chi connectivity index (χ0v) is 17.9. The van der Waals surface area contributed by atoms with Crippen LogP contribution in [0.15, 0.2) is 47.0 Å². The smallest absolute Gasteiger partial charge is 0.236 e. The van der Waals surface area contributed by atoms with Crippen molar-refractivity contribution < 1.29 is 28.3 Å². The van der Waals surface area contributed by atoms with Crippen molar-refractivity contribution >= 4 is 11.6 Å². The molecule has 1 amide bonds. The Balaban J connectivity index is 1.55. The van der Waals surface area contributed by atoms with E-state index >= 15 is 0 Å². The van der Waals surface area contributed by atoms with Gasteiger partial charge in [-0.25, -0.2) is 0 Å². The summed E-state index contributed by atoms with van der Waals surface area (Å²) in [4.78, 5) is 13.1. The van der Waals surface area contributed by atoms with Gasteiger partial charge < -0.3 is 28.8 Å². The monoisotopic (exact) mass is 424 g/mol. The lowest BCUT2D eigenvalue weighted by Crippen LogP contribution is -2.28. The summed E-state index contributed by atoms with van der Waals surface area (Å²) in [5, 5.41) is 7.15. The van der Waals surface area contributed by atoms with Gasteiger partial charge in [0.2, 0.25) is 5.91 Å². The van der Waals surface area contributed by atoms with Crippen molar-refractivity contribution in [3.05, 3.63) is 48.2 Å². The van der Waals surface area contributed by atoms with Crippen LogP contribution >= 0.6 is 0 Å². The Morgan fingerprint density at radius 1 is 0.871 bits per heavy atom. The topological polar surface area (TPSA) is 92.1 Å². The Morgan fingerprint density at radius 3 is 2.10 bits per heavy atom. The van der Waals surface area contributed by atoms with Crippen LogP contribution in [0.5, 0.6) is 23.0 Å². The Labute approximate surface area is 180 Å². The molecule has 0 aliphatic heterocycles. The van der Waals surface area contributed by atoms with Gasteiger partial charge in [0.05, 0.1) is 39.5 Å². The van der Waals surface area contributed by atoms with Gasteiger partial charge in [-0.2, -0.15) is 0 Å². The third-order valence-electron chi connectivity index (χ3n) is 5.49. The first-order valence-electron chi connectivity index (χ1n) is 9.77. The summed E-state index contributed by atoms with van der Waals surface area (Å²) in [5.74, 6) is 2.78. The van der Waals surface area contributed by atoms with E-state index in [4.69, 9.17) is 23.5 Å².